The van der Waals surface area contributed by atoms with Crippen LogP contribution in [0.2, 0.25) is 0 Å². The molecule has 0 aromatic heterocycles. The van der Waals surface area contributed by atoms with Crippen molar-refractivity contribution in [2.75, 3.05) is 0 Å². The minimum absolute atomic E-state index is 0.359. The van der Waals surface area contributed by atoms with Crippen LogP contribution in [0.15, 0.2) is 8.96 Å². The van der Waals surface area contributed by atoms with Gasteiger partial charge < -0.3 is 10.2 Å². The molecule has 0 bridgehead atoms. The first kappa shape index (κ1) is 8.62. The van der Waals surface area contributed by atoms with Crippen molar-refractivity contribution in [1.29, 1.82) is 0 Å². The number of hydrogen-bond donors (Lipinski definition) is 2. The molecule has 0 aromatic rings. The van der Waals surface area contributed by atoms with E-state index in [1.807, 2.05) is 0 Å². The lowest BCUT2D eigenvalue weighted by atomic mass is 10.5. The summed E-state index contributed by atoms with van der Waals surface area (Å²) >= 11 is 5.99. The second-order valence-electron chi connectivity index (χ2n) is 1.26. The van der Waals surface area contributed by atoms with E-state index in [-0.39, 0.29) is 0 Å². The van der Waals surface area contributed by atoms with Crippen LogP contribution < -0.4 is 0 Å². The number of rotatable bonds is 1. The van der Waals surface area contributed by atoms with Crippen molar-refractivity contribution < 1.29 is 10.2 Å². The maximum atomic E-state index is 8.41. The fraction of sp³-hybridized carbons (Fsp3) is 0.500. The number of allylic oxidation sites excluding steroid dienone is 1. The molecule has 0 atom stereocenters. The fourth-order valence-electron chi connectivity index (χ4n) is 0.178. The number of halogens is 2. The second kappa shape index (κ2) is 3.61. The van der Waals surface area contributed by atoms with Gasteiger partial charge in [-0.1, -0.05) is 15.9 Å². The normalized spacial score (nSPS) is 14.2. The van der Waals surface area contributed by atoms with Crippen molar-refractivity contribution in [3.63, 3.8) is 0 Å². The quantitative estimate of drug-likeness (QED) is 0.685. The van der Waals surface area contributed by atoms with Gasteiger partial charge in [-0.3, -0.25) is 0 Å². The SMILES string of the molecule is CC(Br)=C(Br)C(O)O. The van der Waals surface area contributed by atoms with Crippen LogP contribution in [0.25, 0.3) is 0 Å². The maximum absolute atomic E-state index is 8.41. The first-order valence-corrected chi connectivity index (χ1v) is 3.52. The van der Waals surface area contributed by atoms with Crippen LogP contribution >= 0.6 is 31.9 Å². The highest BCUT2D eigenvalue weighted by molar-refractivity contribution is 9.14. The van der Waals surface area contributed by atoms with Crippen molar-refractivity contribution in [2.45, 2.75) is 13.2 Å². The van der Waals surface area contributed by atoms with Gasteiger partial charge in [-0.15, -0.1) is 0 Å². The predicted octanol–water partition coefficient (Wildman–Crippen LogP) is 1.32. The topological polar surface area (TPSA) is 40.5 Å². The molecule has 8 heavy (non-hydrogen) atoms. The van der Waals surface area contributed by atoms with E-state index in [9.17, 15) is 0 Å². The van der Waals surface area contributed by atoms with Gasteiger partial charge in [0, 0.05) is 4.48 Å². The highest BCUT2D eigenvalue weighted by Crippen LogP contribution is 2.18. The molecular formula is C4H6Br2O2. The second-order valence-corrected chi connectivity index (χ2v) is 3.30. The van der Waals surface area contributed by atoms with Crippen molar-refractivity contribution in [3.8, 4) is 0 Å². The van der Waals surface area contributed by atoms with Crippen LogP contribution in [0.1, 0.15) is 6.92 Å². The Balaban J connectivity index is 4.00. The molecule has 0 unspecified atom stereocenters. The third kappa shape index (κ3) is 2.81. The summed E-state index contributed by atoms with van der Waals surface area (Å²) in [7, 11) is 0. The minimum Gasteiger partial charge on any atom is -0.364 e. The Hall–Kier alpha value is 0.620. The summed E-state index contributed by atoms with van der Waals surface area (Å²) in [6.45, 7) is 1.71. The Bertz CT molecular complexity index is 105. The zero-order valence-corrected chi connectivity index (χ0v) is 7.40. The van der Waals surface area contributed by atoms with Crippen LogP contribution in [0, 0.1) is 0 Å². The minimum atomic E-state index is -1.41. The van der Waals surface area contributed by atoms with Gasteiger partial charge >= 0.3 is 0 Å². The van der Waals surface area contributed by atoms with Crippen LogP contribution in [0.4, 0.5) is 0 Å². The summed E-state index contributed by atoms with van der Waals surface area (Å²) in [5.41, 5.74) is 0. The molecule has 0 rings (SSSR count). The van der Waals surface area contributed by atoms with Crippen molar-refractivity contribution in [3.05, 3.63) is 8.96 Å². The lowest BCUT2D eigenvalue weighted by molar-refractivity contribution is -0.000417. The molecule has 0 radical (unpaired) electrons. The van der Waals surface area contributed by atoms with E-state index < -0.39 is 6.29 Å². The molecule has 0 aromatic carbocycles. The Morgan fingerprint density at radius 2 is 1.75 bits per heavy atom. The molecule has 0 saturated carbocycles. The summed E-state index contributed by atoms with van der Waals surface area (Å²) in [5, 5.41) is 16.8. The Kier molecular flexibility index (Phi) is 3.89. The van der Waals surface area contributed by atoms with E-state index in [1.54, 1.807) is 6.92 Å². The zero-order valence-electron chi connectivity index (χ0n) is 4.23. The van der Waals surface area contributed by atoms with Gasteiger partial charge in [0.05, 0.1) is 4.48 Å². The largest absolute Gasteiger partial charge is 0.364 e. The van der Waals surface area contributed by atoms with Gasteiger partial charge in [-0.2, -0.15) is 0 Å². The van der Waals surface area contributed by atoms with Crippen LogP contribution in [0.5, 0.6) is 0 Å². The average molecular weight is 246 g/mol. The van der Waals surface area contributed by atoms with E-state index in [2.05, 4.69) is 31.9 Å². The highest BCUT2D eigenvalue weighted by Gasteiger charge is 2.03. The van der Waals surface area contributed by atoms with Gasteiger partial charge in [-0.25, -0.2) is 0 Å². The molecule has 0 aliphatic carbocycles. The van der Waals surface area contributed by atoms with E-state index in [1.165, 1.54) is 0 Å². The smallest absolute Gasteiger partial charge is 0.185 e. The molecule has 0 aliphatic heterocycles. The van der Waals surface area contributed by atoms with E-state index in [0.29, 0.717) is 8.96 Å². The van der Waals surface area contributed by atoms with Crippen molar-refractivity contribution in [1.82, 2.24) is 0 Å². The molecule has 0 fully saturated rings. The number of hydrogen-bond acceptors (Lipinski definition) is 2. The summed E-state index contributed by atoms with van der Waals surface area (Å²) < 4.78 is 1.05. The fourth-order valence-corrected chi connectivity index (χ4v) is 0.383. The Morgan fingerprint density at radius 3 is 1.75 bits per heavy atom. The molecule has 2 N–H and O–H groups in total. The summed E-state index contributed by atoms with van der Waals surface area (Å²) in [6.07, 6.45) is -1.41. The van der Waals surface area contributed by atoms with E-state index >= 15 is 0 Å². The van der Waals surface area contributed by atoms with Crippen molar-refractivity contribution >= 4 is 31.9 Å². The standard InChI is InChI=1S/C4H6Br2O2/c1-2(5)3(6)4(7)8/h4,7-8H,1H3. The van der Waals surface area contributed by atoms with E-state index in [4.69, 9.17) is 10.2 Å². The van der Waals surface area contributed by atoms with Crippen LogP contribution in [0.3, 0.4) is 0 Å². The molecular weight excluding hydrogens is 240 g/mol. The lowest BCUT2D eigenvalue weighted by Crippen LogP contribution is -2.03. The first-order valence-electron chi connectivity index (χ1n) is 1.93. The molecule has 4 heteroatoms. The van der Waals surface area contributed by atoms with Crippen molar-refractivity contribution in [2.24, 2.45) is 0 Å². The van der Waals surface area contributed by atoms with Gasteiger partial charge in [0.1, 0.15) is 0 Å². The summed E-state index contributed by atoms with van der Waals surface area (Å²) in [5.74, 6) is 0. The maximum Gasteiger partial charge on any atom is 0.185 e. The Morgan fingerprint density at radius 1 is 1.38 bits per heavy atom. The molecule has 2 nitrogen and oxygen atoms in total. The molecule has 0 aliphatic rings. The molecule has 0 saturated heterocycles. The van der Waals surface area contributed by atoms with Gasteiger partial charge in [0.15, 0.2) is 6.29 Å². The average Bonchev–Trinajstić information content (AvgIpc) is 1.64. The van der Waals surface area contributed by atoms with Crippen LogP contribution in [-0.2, 0) is 0 Å². The Labute approximate surface area is 64.5 Å². The van der Waals surface area contributed by atoms with Crippen LogP contribution in [-0.4, -0.2) is 16.5 Å². The number of aliphatic hydroxyl groups is 2. The molecule has 0 heterocycles. The number of aliphatic hydroxyl groups excluding tert-OH is 1. The third-order valence-electron chi connectivity index (χ3n) is 0.556. The summed E-state index contributed by atoms with van der Waals surface area (Å²) in [4.78, 5) is 0. The highest BCUT2D eigenvalue weighted by atomic mass is 79.9. The molecule has 0 amide bonds. The van der Waals surface area contributed by atoms with Gasteiger partial charge in [0.2, 0.25) is 0 Å². The van der Waals surface area contributed by atoms with Gasteiger partial charge in [0.25, 0.3) is 0 Å². The monoisotopic (exact) mass is 244 g/mol. The zero-order chi connectivity index (χ0) is 6.73. The van der Waals surface area contributed by atoms with Gasteiger partial charge in [-0.05, 0) is 22.9 Å². The lowest BCUT2D eigenvalue weighted by Gasteiger charge is -2.00. The first-order chi connectivity index (χ1) is 3.55. The third-order valence-corrected chi connectivity index (χ3v) is 2.52. The molecule has 48 valence electrons. The molecule has 0 spiro atoms. The predicted molar refractivity (Wildman–Crippen MR) is 38.8 cm³/mol. The summed E-state index contributed by atoms with van der Waals surface area (Å²) in [6, 6.07) is 0. The van der Waals surface area contributed by atoms with E-state index in [0.717, 1.165) is 0 Å².